The van der Waals surface area contributed by atoms with Gasteiger partial charge in [-0.25, -0.2) is 12.7 Å². The Hall–Kier alpha value is -1.15. The highest BCUT2D eigenvalue weighted by molar-refractivity contribution is 7.88. The number of sulfonamides is 1. The predicted octanol–water partition coefficient (Wildman–Crippen LogP) is 1.74. The summed E-state index contributed by atoms with van der Waals surface area (Å²) in [5, 5.41) is 0.448. The minimum Gasteiger partial charge on any atom is -0.378 e. The van der Waals surface area contributed by atoms with E-state index in [-0.39, 0.29) is 24.1 Å². The van der Waals surface area contributed by atoms with E-state index in [0.717, 1.165) is 6.42 Å². The Bertz CT molecular complexity index is 719. The van der Waals surface area contributed by atoms with Gasteiger partial charge in [0.25, 0.3) is 0 Å². The molecule has 2 fully saturated rings. The molecular formula is C17H23ClN2O4S. The Kier molecular flexibility index (Phi) is 5.99. The van der Waals surface area contributed by atoms with Crippen LogP contribution in [0.2, 0.25) is 5.02 Å². The SMILES string of the molecule is O=C([C@@H]1CCCN(S(=O)(=O)Cc2ccccc2Cl)C1)N1CCOCC1. The number of carbonyl (C=O) groups excluding carboxylic acids is 1. The summed E-state index contributed by atoms with van der Waals surface area (Å²) in [4.78, 5) is 14.5. The van der Waals surface area contributed by atoms with Gasteiger partial charge in [-0.15, -0.1) is 0 Å². The molecule has 2 saturated heterocycles. The van der Waals surface area contributed by atoms with Crippen molar-refractivity contribution in [3.05, 3.63) is 34.9 Å². The summed E-state index contributed by atoms with van der Waals surface area (Å²) in [6.07, 6.45) is 1.43. The minimum atomic E-state index is -3.50. The highest BCUT2D eigenvalue weighted by Crippen LogP contribution is 2.25. The third kappa shape index (κ3) is 4.53. The first kappa shape index (κ1) is 18.6. The molecule has 0 saturated carbocycles. The van der Waals surface area contributed by atoms with Gasteiger partial charge in [0.15, 0.2) is 0 Å². The lowest BCUT2D eigenvalue weighted by atomic mass is 9.98. The van der Waals surface area contributed by atoms with Gasteiger partial charge < -0.3 is 9.64 Å². The van der Waals surface area contributed by atoms with Gasteiger partial charge in [-0.2, -0.15) is 0 Å². The standard InChI is InChI=1S/C17H23ClN2O4S/c18-16-6-2-1-4-15(16)13-25(22,23)20-7-3-5-14(12-20)17(21)19-8-10-24-11-9-19/h1-2,4,6,14H,3,5,7-13H2/t14-/m1/s1. The molecule has 2 heterocycles. The first-order chi connectivity index (χ1) is 12.0. The van der Waals surface area contributed by atoms with E-state index in [4.69, 9.17) is 16.3 Å². The third-order valence-electron chi connectivity index (χ3n) is 4.75. The van der Waals surface area contributed by atoms with Crippen LogP contribution in [0.5, 0.6) is 0 Å². The fourth-order valence-electron chi connectivity index (χ4n) is 3.34. The predicted molar refractivity (Wildman–Crippen MR) is 95.8 cm³/mol. The molecule has 25 heavy (non-hydrogen) atoms. The molecular weight excluding hydrogens is 364 g/mol. The molecule has 1 atom stereocenters. The van der Waals surface area contributed by atoms with E-state index in [1.165, 1.54) is 4.31 Å². The van der Waals surface area contributed by atoms with Crippen LogP contribution < -0.4 is 0 Å². The molecule has 0 unspecified atom stereocenters. The van der Waals surface area contributed by atoms with Crippen molar-refractivity contribution in [3.63, 3.8) is 0 Å². The smallest absolute Gasteiger partial charge is 0.227 e. The number of rotatable bonds is 4. The monoisotopic (exact) mass is 386 g/mol. The number of ether oxygens (including phenoxy) is 1. The normalized spacial score (nSPS) is 22.8. The van der Waals surface area contributed by atoms with Crippen LogP contribution in [0.15, 0.2) is 24.3 Å². The van der Waals surface area contributed by atoms with Crippen molar-refractivity contribution in [3.8, 4) is 0 Å². The second-order valence-electron chi connectivity index (χ2n) is 6.48. The van der Waals surface area contributed by atoms with Crippen LogP contribution in [0.25, 0.3) is 0 Å². The molecule has 0 spiro atoms. The van der Waals surface area contributed by atoms with Crippen LogP contribution in [-0.4, -0.2) is 62.9 Å². The minimum absolute atomic E-state index is 0.0425. The lowest BCUT2D eigenvalue weighted by Gasteiger charge is -2.35. The molecule has 6 nitrogen and oxygen atoms in total. The van der Waals surface area contributed by atoms with Gasteiger partial charge in [0.05, 0.1) is 24.9 Å². The quantitative estimate of drug-likeness (QED) is 0.790. The molecule has 2 aliphatic heterocycles. The van der Waals surface area contributed by atoms with Gasteiger partial charge in [-0.3, -0.25) is 4.79 Å². The van der Waals surface area contributed by atoms with E-state index in [1.54, 1.807) is 29.2 Å². The number of hydrogen-bond donors (Lipinski definition) is 0. The topological polar surface area (TPSA) is 66.9 Å². The summed E-state index contributed by atoms with van der Waals surface area (Å²) >= 11 is 6.09. The maximum Gasteiger partial charge on any atom is 0.227 e. The zero-order valence-electron chi connectivity index (χ0n) is 14.1. The van der Waals surface area contributed by atoms with Crippen molar-refractivity contribution in [2.75, 3.05) is 39.4 Å². The number of nitrogens with zero attached hydrogens (tertiary/aromatic N) is 2. The maximum atomic E-state index is 12.8. The molecule has 1 aromatic carbocycles. The Morgan fingerprint density at radius 3 is 2.64 bits per heavy atom. The first-order valence-corrected chi connectivity index (χ1v) is 10.5. The number of piperidine rings is 1. The average Bonchev–Trinajstić information content (AvgIpc) is 2.64. The van der Waals surface area contributed by atoms with Crippen LogP contribution in [0.1, 0.15) is 18.4 Å². The van der Waals surface area contributed by atoms with Gasteiger partial charge in [-0.05, 0) is 24.5 Å². The molecule has 3 rings (SSSR count). The van der Waals surface area contributed by atoms with E-state index in [9.17, 15) is 13.2 Å². The van der Waals surface area contributed by atoms with Crippen molar-refractivity contribution in [2.45, 2.75) is 18.6 Å². The zero-order chi connectivity index (χ0) is 17.9. The highest BCUT2D eigenvalue weighted by atomic mass is 35.5. The second kappa shape index (κ2) is 8.03. The van der Waals surface area contributed by atoms with Crippen molar-refractivity contribution in [1.82, 2.24) is 9.21 Å². The molecule has 8 heteroatoms. The molecule has 2 aliphatic rings. The molecule has 0 aromatic heterocycles. The van der Waals surface area contributed by atoms with Gasteiger partial charge in [-0.1, -0.05) is 29.8 Å². The maximum absolute atomic E-state index is 12.8. The number of amides is 1. The first-order valence-electron chi connectivity index (χ1n) is 8.55. The number of hydrogen-bond acceptors (Lipinski definition) is 4. The molecule has 0 aliphatic carbocycles. The zero-order valence-corrected chi connectivity index (χ0v) is 15.6. The van der Waals surface area contributed by atoms with E-state index >= 15 is 0 Å². The van der Waals surface area contributed by atoms with Gasteiger partial charge in [0.2, 0.25) is 15.9 Å². The Morgan fingerprint density at radius 2 is 1.92 bits per heavy atom. The number of carbonyl (C=O) groups is 1. The summed E-state index contributed by atoms with van der Waals surface area (Å²) in [5.74, 6) is -0.362. The van der Waals surface area contributed by atoms with E-state index < -0.39 is 10.0 Å². The second-order valence-corrected chi connectivity index (χ2v) is 8.86. The fourth-order valence-corrected chi connectivity index (χ4v) is 5.27. The Labute approximate surface area is 153 Å². The van der Waals surface area contributed by atoms with Gasteiger partial charge >= 0.3 is 0 Å². The number of morpholine rings is 1. The van der Waals surface area contributed by atoms with E-state index in [2.05, 4.69) is 0 Å². The molecule has 0 bridgehead atoms. The summed E-state index contributed by atoms with van der Waals surface area (Å²) < 4.78 is 32.3. The highest BCUT2D eigenvalue weighted by Gasteiger charge is 2.34. The van der Waals surface area contributed by atoms with Crippen molar-refractivity contribution in [2.24, 2.45) is 5.92 Å². The summed E-state index contributed by atoms with van der Waals surface area (Å²) in [5.41, 5.74) is 0.589. The van der Waals surface area contributed by atoms with Crippen molar-refractivity contribution in [1.29, 1.82) is 0 Å². The van der Waals surface area contributed by atoms with E-state index in [1.807, 2.05) is 0 Å². The third-order valence-corrected chi connectivity index (χ3v) is 6.91. The average molecular weight is 387 g/mol. The Balaban J connectivity index is 1.67. The lowest BCUT2D eigenvalue weighted by Crippen LogP contribution is -2.49. The molecule has 1 aromatic rings. The van der Waals surface area contributed by atoms with Crippen LogP contribution in [-0.2, 0) is 25.3 Å². The van der Waals surface area contributed by atoms with Crippen LogP contribution in [0, 0.1) is 5.92 Å². The molecule has 0 N–H and O–H groups in total. The van der Waals surface area contributed by atoms with Crippen LogP contribution >= 0.6 is 11.6 Å². The molecule has 138 valence electrons. The van der Waals surface area contributed by atoms with E-state index in [0.29, 0.717) is 49.9 Å². The number of halogens is 1. The van der Waals surface area contributed by atoms with Gasteiger partial charge in [0, 0.05) is 31.2 Å². The summed E-state index contributed by atoms with van der Waals surface area (Å²) in [7, 11) is -3.50. The van der Waals surface area contributed by atoms with Crippen molar-refractivity contribution >= 4 is 27.5 Å². The van der Waals surface area contributed by atoms with Crippen molar-refractivity contribution < 1.29 is 17.9 Å². The molecule has 0 radical (unpaired) electrons. The summed E-state index contributed by atoms with van der Waals surface area (Å²) in [6, 6.07) is 6.96. The van der Waals surface area contributed by atoms with Gasteiger partial charge in [0.1, 0.15) is 0 Å². The largest absolute Gasteiger partial charge is 0.378 e. The van der Waals surface area contributed by atoms with Crippen LogP contribution in [0.4, 0.5) is 0 Å². The lowest BCUT2D eigenvalue weighted by molar-refractivity contribution is -0.140. The summed E-state index contributed by atoms with van der Waals surface area (Å²) in [6.45, 7) is 2.98. The fraction of sp³-hybridized carbons (Fsp3) is 0.588. The number of benzene rings is 1. The molecule has 1 amide bonds. The Morgan fingerprint density at radius 1 is 1.20 bits per heavy atom. The van der Waals surface area contributed by atoms with Crippen LogP contribution in [0.3, 0.4) is 0 Å².